The minimum absolute atomic E-state index is 0.0840. The normalized spacial score (nSPS) is 47.2. The summed E-state index contributed by atoms with van der Waals surface area (Å²) in [5.41, 5.74) is -4.27. The first-order valence-corrected chi connectivity index (χ1v) is 12.9. The summed E-state index contributed by atoms with van der Waals surface area (Å²) in [7, 11) is 0. The first kappa shape index (κ1) is 26.2. The molecule has 4 rings (SSSR count). The Morgan fingerprint density at radius 2 is 1.71 bits per heavy atom. The van der Waals surface area contributed by atoms with Crippen molar-refractivity contribution in [3.05, 3.63) is 11.6 Å². The first-order valence-electron chi connectivity index (χ1n) is 12.9. The Labute approximate surface area is 202 Å². The third-order valence-electron chi connectivity index (χ3n) is 10.5. The van der Waals surface area contributed by atoms with Gasteiger partial charge in [-0.1, -0.05) is 13.8 Å². The highest BCUT2D eigenvalue weighted by atomic mass is 16.3. The van der Waals surface area contributed by atoms with Crippen LogP contribution < -0.4 is 0 Å². The standard InChI is InChI=1S/C27H44O7/c1-23(2,32)9-8-22(31)26(5,33)21-7-11-27(34)16-12-18(28)17-13-19(29)20(30)14-24(17,3)15(16)6-10-25(21,27)4/h12,15,17,19-22,29-34H,6-11,13-14H2,1-5H3/t15?,17?,19-,20?,21-,22-,24+,25+,26+,27+/m0/s1. The van der Waals surface area contributed by atoms with E-state index in [4.69, 9.17) is 0 Å². The molecule has 7 nitrogen and oxygen atoms in total. The highest BCUT2D eigenvalue weighted by Gasteiger charge is 2.69. The Hall–Kier alpha value is -0.830. The van der Waals surface area contributed by atoms with Crippen LogP contribution >= 0.6 is 0 Å². The quantitative estimate of drug-likeness (QED) is 0.353. The molecular formula is C27H44O7. The maximum atomic E-state index is 13.2. The van der Waals surface area contributed by atoms with Crippen LogP contribution in [-0.4, -0.2) is 71.5 Å². The molecule has 4 aliphatic carbocycles. The lowest BCUT2D eigenvalue weighted by atomic mass is 9.45. The fraction of sp³-hybridized carbons (Fsp3) is 0.889. The van der Waals surface area contributed by atoms with E-state index < -0.39 is 45.9 Å². The fourth-order valence-corrected chi connectivity index (χ4v) is 8.32. The van der Waals surface area contributed by atoms with Gasteiger partial charge in [0.2, 0.25) is 0 Å². The second kappa shape index (κ2) is 8.09. The molecule has 7 heteroatoms. The zero-order valence-corrected chi connectivity index (χ0v) is 21.3. The number of allylic oxidation sites excluding steroid dienone is 1. The molecule has 3 saturated carbocycles. The van der Waals surface area contributed by atoms with E-state index in [0.29, 0.717) is 44.1 Å². The van der Waals surface area contributed by atoms with Gasteiger partial charge in [0.15, 0.2) is 5.78 Å². The van der Waals surface area contributed by atoms with Crippen LogP contribution in [0.1, 0.15) is 86.0 Å². The molecule has 0 aliphatic heterocycles. The van der Waals surface area contributed by atoms with E-state index in [2.05, 4.69) is 0 Å². The smallest absolute Gasteiger partial charge is 0.159 e. The number of rotatable bonds is 5. The molecule has 0 heterocycles. The zero-order valence-electron chi connectivity index (χ0n) is 21.3. The second-order valence-corrected chi connectivity index (χ2v) is 13.2. The molecule has 0 aromatic carbocycles. The van der Waals surface area contributed by atoms with E-state index in [1.807, 2.05) is 13.8 Å². The molecule has 0 radical (unpaired) electrons. The molecule has 3 unspecified atom stereocenters. The van der Waals surface area contributed by atoms with E-state index in [0.717, 1.165) is 0 Å². The number of aliphatic hydroxyl groups excluding tert-OH is 3. The van der Waals surface area contributed by atoms with E-state index in [1.165, 1.54) is 0 Å². The summed E-state index contributed by atoms with van der Waals surface area (Å²) in [6.45, 7) is 8.96. The molecule has 0 spiro atoms. The van der Waals surface area contributed by atoms with Crippen molar-refractivity contribution < 1.29 is 35.4 Å². The zero-order chi connectivity index (χ0) is 25.5. The Morgan fingerprint density at radius 3 is 2.32 bits per heavy atom. The largest absolute Gasteiger partial charge is 0.390 e. The van der Waals surface area contributed by atoms with Crippen LogP contribution in [0.2, 0.25) is 0 Å². The average molecular weight is 481 g/mol. The summed E-state index contributed by atoms with van der Waals surface area (Å²) in [6.07, 6.45) is 2.11. The summed E-state index contributed by atoms with van der Waals surface area (Å²) in [6, 6.07) is 0. The Morgan fingerprint density at radius 1 is 1.06 bits per heavy atom. The lowest BCUT2D eigenvalue weighted by Gasteiger charge is -2.60. The number of hydrogen-bond donors (Lipinski definition) is 6. The number of aliphatic hydroxyl groups is 6. The SMILES string of the molecule is CC(C)(O)CC[C@H](O)[C@](C)(O)[C@H]1CC[C@@]2(O)C3=CC(=O)C4C[C@H](O)C(O)C[C@]4(C)C3CC[C@]12C. The van der Waals surface area contributed by atoms with E-state index in [-0.39, 0.29) is 36.4 Å². The summed E-state index contributed by atoms with van der Waals surface area (Å²) in [4.78, 5) is 13.2. The number of carbonyl (C=O) groups is 1. The number of ketones is 1. The summed E-state index contributed by atoms with van der Waals surface area (Å²) < 4.78 is 0. The topological polar surface area (TPSA) is 138 Å². The molecule has 4 aliphatic rings. The predicted molar refractivity (Wildman–Crippen MR) is 127 cm³/mol. The third-order valence-corrected chi connectivity index (χ3v) is 10.5. The maximum absolute atomic E-state index is 13.2. The Kier molecular flexibility index (Phi) is 6.24. The lowest BCUT2D eigenvalue weighted by molar-refractivity contribution is -0.177. The lowest BCUT2D eigenvalue weighted by Crippen LogP contribution is -2.62. The summed E-state index contributed by atoms with van der Waals surface area (Å²) in [5.74, 6) is -0.948. The van der Waals surface area contributed by atoms with Crippen molar-refractivity contribution in [3.63, 3.8) is 0 Å². The van der Waals surface area contributed by atoms with Gasteiger partial charge >= 0.3 is 0 Å². The molecule has 6 N–H and O–H groups in total. The van der Waals surface area contributed by atoms with Crippen molar-refractivity contribution in [2.24, 2.45) is 28.6 Å². The van der Waals surface area contributed by atoms with Crippen LogP contribution in [0.3, 0.4) is 0 Å². The first-order chi connectivity index (χ1) is 15.5. The number of fused-ring (bicyclic) bond motifs is 5. The van der Waals surface area contributed by atoms with Gasteiger partial charge in [-0.05, 0) is 101 Å². The van der Waals surface area contributed by atoms with Crippen LogP contribution in [0.15, 0.2) is 11.6 Å². The minimum Gasteiger partial charge on any atom is -0.390 e. The highest BCUT2D eigenvalue weighted by Crippen LogP contribution is 2.68. The van der Waals surface area contributed by atoms with Gasteiger partial charge in [0.25, 0.3) is 0 Å². The van der Waals surface area contributed by atoms with Gasteiger partial charge in [0.1, 0.15) is 0 Å². The van der Waals surface area contributed by atoms with Gasteiger partial charge in [-0.25, -0.2) is 0 Å². The molecule has 0 aromatic rings. The van der Waals surface area contributed by atoms with Gasteiger partial charge in [0.05, 0.1) is 35.1 Å². The van der Waals surface area contributed by atoms with Gasteiger partial charge in [-0.2, -0.15) is 0 Å². The van der Waals surface area contributed by atoms with Crippen molar-refractivity contribution in [1.29, 1.82) is 0 Å². The van der Waals surface area contributed by atoms with Crippen LogP contribution in [-0.2, 0) is 4.79 Å². The summed E-state index contributed by atoms with van der Waals surface area (Å²) >= 11 is 0. The van der Waals surface area contributed by atoms with Gasteiger partial charge in [-0.15, -0.1) is 0 Å². The second-order valence-electron chi connectivity index (χ2n) is 13.2. The average Bonchev–Trinajstić information content (AvgIpc) is 3.00. The van der Waals surface area contributed by atoms with Crippen molar-refractivity contribution >= 4 is 5.78 Å². The monoisotopic (exact) mass is 480 g/mol. The maximum Gasteiger partial charge on any atom is 0.159 e. The molecule has 194 valence electrons. The minimum atomic E-state index is -1.46. The molecule has 10 atom stereocenters. The predicted octanol–water partition coefficient (Wildman–Crippen LogP) is 1.85. The van der Waals surface area contributed by atoms with Crippen LogP contribution in [0, 0.1) is 28.6 Å². The van der Waals surface area contributed by atoms with Crippen molar-refractivity contribution in [2.45, 2.75) is 121 Å². The van der Waals surface area contributed by atoms with Crippen LogP contribution in [0.5, 0.6) is 0 Å². The third kappa shape index (κ3) is 3.73. The molecule has 3 fully saturated rings. The molecule has 0 amide bonds. The molecule has 0 saturated heterocycles. The van der Waals surface area contributed by atoms with Crippen molar-refractivity contribution in [1.82, 2.24) is 0 Å². The van der Waals surface area contributed by atoms with E-state index >= 15 is 0 Å². The molecular weight excluding hydrogens is 436 g/mol. The van der Waals surface area contributed by atoms with Crippen LogP contribution in [0.4, 0.5) is 0 Å². The van der Waals surface area contributed by atoms with Gasteiger partial charge in [-0.3, -0.25) is 4.79 Å². The number of carbonyl (C=O) groups excluding carboxylic acids is 1. The Balaban J connectivity index is 1.66. The summed E-state index contributed by atoms with van der Waals surface area (Å²) in [5, 5.41) is 65.5. The van der Waals surface area contributed by atoms with E-state index in [9.17, 15) is 35.4 Å². The molecule has 0 bridgehead atoms. The fourth-order valence-electron chi connectivity index (χ4n) is 8.32. The van der Waals surface area contributed by atoms with Gasteiger partial charge in [0, 0.05) is 11.3 Å². The van der Waals surface area contributed by atoms with Crippen molar-refractivity contribution in [2.75, 3.05) is 0 Å². The highest BCUT2D eigenvalue weighted by molar-refractivity contribution is 5.95. The molecule has 0 aromatic heterocycles. The van der Waals surface area contributed by atoms with Gasteiger partial charge < -0.3 is 30.6 Å². The Bertz CT molecular complexity index is 860. The van der Waals surface area contributed by atoms with E-state index in [1.54, 1.807) is 26.8 Å². The molecule has 34 heavy (non-hydrogen) atoms. The van der Waals surface area contributed by atoms with Crippen LogP contribution in [0.25, 0.3) is 0 Å². The van der Waals surface area contributed by atoms with Crippen molar-refractivity contribution in [3.8, 4) is 0 Å². The number of hydrogen-bond acceptors (Lipinski definition) is 7.